The number of rotatable bonds is 8. The van der Waals surface area contributed by atoms with Crippen molar-refractivity contribution in [3.8, 4) is 0 Å². The van der Waals surface area contributed by atoms with E-state index in [0.29, 0.717) is 31.6 Å². The maximum absolute atomic E-state index is 14.5. The molecule has 10 nitrogen and oxygen atoms in total. The van der Waals surface area contributed by atoms with E-state index in [4.69, 9.17) is 0 Å². The molecule has 0 radical (unpaired) electrons. The van der Waals surface area contributed by atoms with Crippen LogP contribution in [0.1, 0.15) is 45.4 Å². The average molecular weight is 562 g/mol. The standard InChI is InChI=1S/C26H31FN6O4.V/c1-3-4-21(27)20(8-7-18-5-6-18)23(35)28-17-22(34)32-13-10-26(11-14-32)24(36)31(2)25(37)33(26)12-9-19-15-29-30-16-19;/h4,8-9,15,18,30H,3,5-7,10-11,13-14,17H2,1-2H3,(H,28,35);/b19-9?,20-8+,21-4+;. The first-order chi connectivity index (χ1) is 18.2. The Labute approximate surface area is 225 Å². The number of nitrogens with zero attached hydrogens (tertiary/aromatic N) is 4. The predicted molar refractivity (Wildman–Crippen MR) is 133 cm³/mol. The Hall–Kier alpha value is -3.18. The number of carbonyl (C=O) groups is 4. The Morgan fingerprint density at radius 3 is 2.66 bits per heavy atom. The Kier molecular flexibility index (Phi) is 7.33. The van der Waals surface area contributed by atoms with Crippen molar-refractivity contribution >= 4 is 34.2 Å². The van der Waals surface area contributed by atoms with Crippen molar-refractivity contribution in [3.05, 3.63) is 39.0 Å². The van der Waals surface area contributed by atoms with Crippen LogP contribution in [0, 0.1) is 9.92 Å². The van der Waals surface area contributed by atoms with Crippen LogP contribution < -0.4 is 10.5 Å². The SMILES string of the molecule is CC/C=C(F)\C(=C/CC1CC1)C(=O)NCC(=O)N1CCC2(CC1)C(=O)N(C)C(=O)N2[C]1=[V]=[c]2[nH]ncc2=C1. The maximum atomic E-state index is 14.5. The summed E-state index contributed by atoms with van der Waals surface area (Å²) < 4.78 is 16.3. The van der Waals surface area contributed by atoms with Gasteiger partial charge >= 0.3 is 177 Å². The third kappa shape index (κ3) is 4.85. The van der Waals surface area contributed by atoms with Crippen LogP contribution in [-0.2, 0) is 29.8 Å². The number of nitrogens with one attached hydrogen (secondary N) is 2. The molecule has 5 rings (SSSR count). The van der Waals surface area contributed by atoms with Gasteiger partial charge in [-0.1, -0.05) is 6.92 Å². The van der Waals surface area contributed by atoms with Crippen molar-refractivity contribution in [2.45, 2.75) is 51.0 Å². The van der Waals surface area contributed by atoms with Gasteiger partial charge in [0, 0.05) is 0 Å². The first-order valence-electron chi connectivity index (χ1n) is 13.0. The molecule has 38 heavy (non-hydrogen) atoms. The van der Waals surface area contributed by atoms with Crippen molar-refractivity contribution in [2.75, 3.05) is 26.7 Å². The van der Waals surface area contributed by atoms with Gasteiger partial charge in [0.15, 0.2) is 0 Å². The van der Waals surface area contributed by atoms with Crippen LogP contribution in [0.25, 0.3) is 6.08 Å². The Morgan fingerprint density at radius 1 is 1.26 bits per heavy atom. The summed E-state index contributed by atoms with van der Waals surface area (Å²) in [6.45, 7) is 2.07. The van der Waals surface area contributed by atoms with Gasteiger partial charge in [0.2, 0.25) is 0 Å². The summed E-state index contributed by atoms with van der Waals surface area (Å²) in [5.41, 5.74) is -1.05. The molecule has 1 aliphatic carbocycles. The molecule has 0 aromatic carbocycles. The number of piperidine rings is 1. The van der Waals surface area contributed by atoms with Crippen molar-refractivity contribution in [3.63, 3.8) is 0 Å². The van der Waals surface area contributed by atoms with Crippen LogP contribution in [0.3, 0.4) is 0 Å². The number of fused-ring (bicyclic) bond motifs is 1. The van der Waals surface area contributed by atoms with Gasteiger partial charge in [-0.2, -0.15) is 0 Å². The molecule has 1 saturated carbocycles. The zero-order valence-electron chi connectivity index (χ0n) is 21.5. The van der Waals surface area contributed by atoms with Gasteiger partial charge in [-0.05, 0) is 37.7 Å². The molecule has 0 bridgehead atoms. The summed E-state index contributed by atoms with van der Waals surface area (Å²) >= 11 is -0.522. The second-order valence-corrected chi connectivity index (χ2v) is 11.9. The molecule has 12 heteroatoms. The zero-order valence-corrected chi connectivity index (χ0v) is 22.9. The molecule has 1 spiro atoms. The zero-order chi connectivity index (χ0) is 27.0. The summed E-state index contributed by atoms with van der Waals surface area (Å²) in [7, 11) is 1.49. The molecule has 0 atom stereocenters. The molecule has 4 heterocycles. The van der Waals surface area contributed by atoms with Crippen molar-refractivity contribution in [2.24, 2.45) is 5.92 Å². The van der Waals surface area contributed by atoms with E-state index in [2.05, 4.69) is 15.5 Å². The van der Waals surface area contributed by atoms with Gasteiger partial charge in [0.05, 0.1) is 0 Å². The van der Waals surface area contributed by atoms with Crippen LogP contribution >= 0.6 is 0 Å². The Balaban J connectivity index is 1.24. The molecule has 3 fully saturated rings. The summed E-state index contributed by atoms with van der Waals surface area (Å²) in [5.74, 6) is -1.24. The van der Waals surface area contributed by atoms with E-state index in [1.807, 2.05) is 6.08 Å². The second kappa shape index (κ2) is 10.5. The minimum atomic E-state index is -1.03. The topological polar surface area (TPSA) is 119 Å². The van der Waals surface area contributed by atoms with E-state index in [9.17, 15) is 23.6 Å². The number of carbonyl (C=O) groups excluding carboxylic acids is 4. The normalized spacial score (nSPS) is 20.9. The van der Waals surface area contributed by atoms with Gasteiger partial charge < -0.3 is 0 Å². The van der Waals surface area contributed by atoms with Crippen LogP contribution in [-0.4, -0.2) is 85.2 Å². The number of hydrogen-bond acceptors (Lipinski definition) is 5. The Morgan fingerprint density at radius 2 is 2.00 bits per heavy atom. The molecule has 2 saturated heterocycles. The van der Waals surface area contributed by atoms with E-state index in [0.717, 1.165) is 26.4 Å². The van der Waals surface area contributed by atoms with Gasteiger partial charge in [-0.15, -0.1) is 0 Å². The third-order valence-corrected chi connectivity index (χ3v) is 9.36. The quantitative estimate of drug-likeness (QED) is 0.279. The van der Waals surface area contributed by atoms with Gasteiger partial charge in [0.25, 0.3) is 0 Å². The first kappa shape index (κ1) is 26.4. The fourth-order valence-corrected chi connectivity index (χ4v) is 7.01. The molecule has 201 valence electrons. The average Bonchev–Trinajstić information content (AvgIpc) is 3.45. The molecule has 3 aliphatic heterocycles. The van der Waals surface area contributed by atoms with E-state index < -0.39 is 32.7 Å². The number of urea groups is 1. The van der Waals surface area contributed by atoms with Gasteiger partial charge in [-0.3, -0.25) is 0 Å². The number of aromatic amines is 1. The minimum absolute atomic E-state index is 0.0226. The summed E-state index contributed by atoms with van der Waals surface area (Å²) in [6.07, 6.45) is 10.5. The van der Waals surface area contributed by atoms with Gasteiger partial charge in [0.1, 0.15) is 0 Å². The van der Waals surface area contributed by atoms with Gasteiger partial charge in [-0.25, -0.2) is 4.39 Å². The summed E-state index contributed by atoms with van der Waals surface area (Å²) in [4.78, 5) is 56.5. The third-order valence-electron chi connectivity index (χ3n) is 7.58. The van der Waals surface area contributed by atoms with E-state index >= 15 is 0 Å². The number of likely N-dealkylation sites (N-methyl/N-ethyl adjacent to an activating group) is 1. The van der Waals surface area contributed by atoms with Crippen molar-refractivity contribution < 1.29 is 39.0 Å². The molecule has 1 aromatic rings. The fraction of sp³-hybridized carbons (Fsp3) is 0.500. The van der Waals surface area contributed by atoms with Crippen LogP contribution in [0.4, 0.5) is 9.18 Å². The number of likely N-dealkylation sites (tertiary alicyclic amines) is 1. The molecule has 5 amide bonds. The number of halogens is 1. The second-order valence-electron chi connectivity index (χ2n) is 10.1. The van der Waals surface area contributed by atoms with Crippen LogP contribution in [0.2, 0.25) is 0 Å². The van der Waals surface area contributed by atoms with E-state index in [-0.39, 0.29) is 43.1 Å². The first-order valence-corrected chi connectivity index (χ1v) is 14.4. The molecule has 1 aromatic heterocycles. The molecule has 4 aliphatic rings. The molecule has 2 N–H and O–H groups in total. The fourth-order valence-electron chi connectivity index (χ4n) is 5.18. The number of imide groups is 1. The predicted octanol–water partition coefficient (Wildman–Crippen LogP) is 1.03. The number of allylic oxidation sites excluding steroid dienone is 2. The number of hydrogen-bond donors (Lipinski definition) is 2. The van der Waals surface area contributed by atoms with E-state index in [1.54, 1.807) is 29.0 Å². The molecule has 0 unspecified atom stereocenters. The summed E-state index contributed by atoms with van der Waals surface area (Å²) in [5, 5.41) is 10.5. The number of aromatic nitrogens is 2. The van der Waals surface area contributed by atoms with Crippen molar-refractivity contribution in [1.82, 2.24) is 30.2 Å². The monoisotopic (exact) mass is 561 g/mol. The summed E-state index contributed by atoms with van der Waals surface area (Å²) in [6, 6.07) is -0.352. The van der Waals surface area contributed by atoms with Crippen molar-refractivity contribution in [1.29, 1.82) is 0 Å². The molecular formula is C26H31FN6O4V. The number of amides is 5. The van der Waals surface area contributed by atoms with Crippen LogP contribution in [0.15, 0.2) is 29.7 Å². The molecular weight excluding hydrogens is 530 g/mol. The Bertz CT molecular complexity index is 1410. The van der Waals surface area contributed by atoms with Crippen LogP contribution in [0.5, 0.6) is 0 Å². The van der Waals surface area contributed by atoms with E-state index in [1.165, 1.54) is 18.0 Å². The number of H-pyrrole nitrogens is 1.